The fourth-order valence-electron chi connectivity index (χ4n) is 3.49. The molecule has 0 aliphatic rings. The summed E-state index contributed by atoms with van der Waals surface area (Å²) in [5.74, 6) is -0.283. The molecule has 0 rings (SSSR count). The maximum Gasteiger partial charge on any atom is 0.407 e. The Labute approximate surface area is 212 Å². The number of esters is 1. The van der Waals surface area contributed by atoms with Crippen LogP contribution in [0, 0.1) is 0 Å². The number of hydrogen-bond acceptors (Lipinski definition) is 7. The van der Waals surface area contributed by atoms with Crippen molar-refractivity contribution >= 4 is 18.2 Å². The Kier molecular flexibility index (Phi) is 13.6. The van der Waals surface area contributed by atoms with Gasteiger partial charge in [0.15, 0.2) is 6.54 Å². The molecule has 0 aliphatic heterocycles. The zero-order valence-corrected chi connectivity index (χ0v) is 23.5. The Morgan fingerprint density at radius 1 is 0.657 bits per heavy atom. The SMILES string of the molecule is CC(C)(C)OC(=O)C[N+](CCCN)(CCCNC(=O)OC(C)(C)C)CCCNC(=O)OC(C)(C)C. The van der Waals surface area contributed by atoms with Gasteiger partial charge in [-0.25, -0.2) is 14.4 Å². The first kappa shape index (κ1) is 32.9. The molecule has 35 heavy (non-hydrogen) atoms. The van der Waals surface area contributed by atoms with Crippen LogP contribution in [0.2, 0.25) is 0 Å². The van der Waals surface area contributed by atoms with Crippen LogP contribution in [0.3, 0.4) is 0 Å². The lowest BCUT2D eigenvalue weighted by molar-refractivity contribution is -0.921. The number of amides is 2. The highest BCUT2D eigenvalue weighted by Crippen LogP contribution is 2.15. The summed E-state index contributed by atoms with van der Waals surface area (Å²) in [5.41, 5.74) is 4.08. The largest absolute Gasteiger partial charge is 0.456 e. The number of carbonyl (C=O) groups is 3. The minimum absolute atomic E-state index is 0.191. The molecule has 0 heterocycles. The molecule has 0 spiro atoms. The third kappa shape index (κ3) is 18.9. The summed E-state index contributed by atoms with van der Waals surface area (Å²) in [4.78, 5) is 36.7. The van der Waals surface area contributed by atoms with E-state index < -0.39 is 29.0 Å². The number of alkyl carbamates (subject to hydrolysis) is 2. The molecule has 0 saturated heterocycles. The van der Waals surface area contributed by atoms with E-state index in [2.05, 4.69) is 10.6 Å². The summed E-state index contributed by atoms with van der Waals surface area (Å²) >= 11 is 0. The smallest absolute Gasteiger partial charge is 0.407 e. The second-order valence-corrected chi connectivity index (χ2v) is 12.0. The predicted molar refractivity (Wildman–Crippen MR) is 137 cm³/mol. The molecule has 0 atom stereocenters. The van der Waals surface area contributed by atoms with Crippen LogP contribution in [0.5, 0.6) is 0 Å². The second kappa shape index (κ2) is 14.5. The molecule has 10 heteroatoms. The van der Waals surface area contributed by atoms with E-state index in [1.807, 2.05) is 62.3 Å². The summed E-state index contributed by atoms with van der Waals surface area (Å²) in [6, 6.07) is 0. The van der Waals surface area contributed by atoms with E-state index >= 15 is 0 Å². The summed E-state index contributed by atoms with van der Waals surface area (Å²) < 4.78 is 16.6. The molecule has 0 radical (unpaired) electrons. The van der Waals surface area contributed by atoms with Gasteiger partial charge in [0.05, 0.1) is 19.6 Å². The van der Waals surface area contributed by atoms with E-state index in [4.69, 9.17) is 19.9 Å². The topological polar surface area (TPSA) is 129 Å². The predicted octanol–water partition coefficient (Wildman–Crippen LogP) is 3.32. The standard InChI is InChI=1S/C25H50N4O6/c1-23(2,3)33-20(30)19-29(16-10-13-26,17-11-14-27-21(31)34-24(4,5)6)18-12-15-28-22(32)35-25(7,8)9/h10-19,26H2,1-9H3,(H-,27,28,31,32)/p+1. The van der Waals surface area contributed by atoms with Crippen molar-refractivity contribution < 1.29 is 33.1 Å². The van der Waals surface area contributed by atoms with E-state index in [1.165, 1.54) is 0 Å². The Morgan fingerprint density at radius 2 is 1.03 bits per heavy atom. The Balaban J connectivity index is 5.21. The number of nitrogens with two attached hydrogens (primary N) is 1. The molecule has 0 unspecified atom stereocenters. The fraction of sp³-hybridized carbons (Fsp3) is 0.880. The van der Waals surface area contributed by atoms with Gasteiger partial charge in [0, 0.05) is 32.4 Å². The molecule has 0 saturated carbocycles. The minimum Gasteiger partial charge on any atom is -0.456 e. The highest BCUT2D eigenvalue weighted by atomic mass is 16.6. The number of nitrogens with zero attached hydrogens (tertiary/aromatic N) is 1. The van der Waals surface area contributed by atoms with Gasteiger partial charge in [-0.15, -0.1) is 0 Å². The quantitative estimate of drug-likeness (QED) is 0.152. The van der Waals surface area contributed by atoms with Crippen LogP contribution in [0.15, 0.2) is 0 Å². The third-order valence-corrected chi connectivity index (χ3v) is 4.68. The van der Waals surface area contributed by atoms with E-state index in [0.717, 1.165) is 6.42 Å². The van der Waals surface area contributed by atoms with Crippen molar-refractivity contribution in [2.45, 2.75) is 98.4 Å². The van der Waals surface area contributed by atoms with E-state index in [-0.39, 0.29) is 12.5 Å². The van der Waals surface area contributed by atoms with Crippen LogP contribution >= 0.6 is 0 Å². The van der Waals surface area contributed by atoms with Crippen molar-refractivity contribution in [3.05, 3.63) is 0 Å². The fourth-order valence-corrected chi connectivity index (χ4v) is 3.49. The molecule has 206 valence electrons. The summed E-state index contributed by atoms with van der Waals surface area (Å²) in [6.45, 7) is 19.9. The van der Waals surface area contributed by atoms with Crippen LogP contribution in [0.4, 0.5) is 9.59 Å². The summed E-state index contributed by atoms with van der Waals surface area (Å²) in [5, 5.41) is 5.56. The van der Waals surface area contributed by atoms with Gasteiger partial charge in [0.2, 0.25) is 0 Å². The van der Waals surface area contributed by atoms with Crippen LogP contribution in [-0.2, 0) is 19.0 Å². The van der Waals surface area contributed by atoms with Crippen molar-refractivity contribution in [3.63, 3.8) is 0 Å². The van der Waals surface area contributed by atoms with E-state index in [0.29, 0.717) is 56.6 Å². The number of quaternary nitrogens is 1. The van der Waals surface area contributed by atoms with Crippen LogP contribution in [0.25, 0.3) is 0 Å². The average Bonchev–Trinajstić information content (AvgIpc) is 2.62. The number of rotatable bonds is 13. The van der Waals surface area contributed by atoms with E-state index in [1.54, 1.807) is 0 Å². The van der Waals surface area contributed by atoms with E-state index in [9.17, 15) is 14.4 Å². The Hall–Kier alpha value is -2.07. The van der Waals surface area contributed by atoms with Gasteiger partial charge in [-0.2, -0.15) is 0 Å². The Bertz CT molecular complexity index is 626. The highest BCUT2D eigenvalue weighted by molar-refractivity contribution is 5.71. The maximum absolute atomic E-state index is 12.8. The van der Waals surface area contributed by atoms with Gasteiger partial charge in [0.1, 0.15) is 16.8 Å². The minimum atomic E-state index is -0.586. The van der Waals surface area contributed by atoms with Crippen molar-refractivity contribution in [1.82, 2.24) is 10.6 Å². The van der Waals surface area contributed by atoms with Gasteiger partial charge in [-0.1, -0.05) is 0 Å². The third-order valence-electron chi connectivity index (χ3n) is 4.68. The van der Waals surface area contributed by atoms with Crippen molar-refractivity contribution in [1.29, 1.82) is 0 Å². The van der Waals surface area contributed by atoms with Gasteiger partial charge >= 0.3 is 18.2 Å². The maximum atomic E-state index is 12.8. The van der Waals surface area contributed by atoms with Crippen LogP contribution < -0.4 is 16.4 Å². The van der Waals surface area contributed by atoms with Crippen molar-refractivity contribution in [2.75, 3.05) is 45.8 Å². The molecular weight excluding hydrogens is 452 g/mol. The van der Waals surface area contributed by atoms with Gasteiger partial charge in [0.25, 0.3) is 0 Å². The number of hydrogen-bond donors (Lipinski definition) is 3. The molecule has 0 fully saturated rings. The molecule has 2 amide bonds. The zero-order chi connectivity index (χ0) is 27.3. The summed E-state index contributed by atoms with van der Waals surface area (Å²) in [6.07, 6.45) is 1.09. The molecular formula is C25H51N4O6+. The molecule has 0 aromatic carbocycles. The number of ether oxygens (including phenoxy) is 3. The Morgan fingerprint density at radius 3 is 1.37 bits per heavy atom. The van der Waals surface area contributed by atoms with Crippen molar-refractivity contribution in [2.24, 2.45) is 5.73 Å². The molecule has 0 aliphatic carbocycles. The molecule has 0 bridgehead atoms. The van der Waals surface area contributed by atoms with Gasteiger partial charge in [-0.05, 0) is 68.9 Å². The normalized spacial score (nSPS) is 12.6. The average molecular weight is 504 g/mol. The highest BCUT2D eigenvalue weighted by Gasteiger charge is 2.32. The molecule has 0 aromatic rings. The van der Waals surface area contributed by atoms with Crippen LogP contribution in [0.1, 0.15) is 81.6 Å². The molecule has 4 N–H and O–H groups in total. The van der Waals surface area contributed by atoms with Gasteiger partial charge in [-0.3, -0.25) is 0 Å². The monoisotopic (exact) mass is 503 g/mol. The molecule has 0 aromatic heterocycles. The molecule has 10 nitrogen and oxygen atoms in total. The first-order chi connectivity index (χ1) is 15.9. The lowest BCUT2D eigenvalue weighted by atomic mass is 10.2. The first-order valence-corrected chi connectivity index (χ1v) is 12.6. The lowest BCUT2D eigenvalue weighted by Crippen LogP contribution is -2.55. The van der Waals surface area contributed by atoms with Gasteiger partial charge < -0.3 is 35.1 Å². The number of carbonyl (C=O) groups excluding carboxylic acids is 3. The van der Waals surface area contributed by atoms with Crippen LogP contribution in [-0.4, -0.2) is 85.3 Å². The summed E-state index contributed by atoms with van der Waals surface area (Å²) in [7, 11) is 0. The second-order valence-electron chi connectivity index (χ2n) is 12.0. The lowest BCUT2D eigenvalue weighted by Gasteiger charge is -2.39. The zero-order valence-electron chi connectivity index (χ0n) is 23.5. The van der Waals surface area contributed by atoms with Crippen molar-refractivity contribution in [3.8, 4) is 0 Å². The number of nitrogens with one attached hydrogen (secondary N) is 2. The first-order valence-electron chi connectivity index (χ1n) is 12.6.